The summed E-state index contributed by atoms with van der Waals surface area (Å²) in [6.45, 7) is 3.61. The summed E-state index contributed by atoms with van der Waals surface area (Å²) in [7, 11) is 0. The molecule has 0 bridgehead atoms. The van der Waals surface area contributed by atoms with Gasteiger partial charge in [0.15, 0.2) is 0 Å². The maximum atomic E-state index is 9.73. The normalized spacial score (nSPS) is 18.4. The number of nitrogens with zero attached hydrogens (tertiary/aromatic N) is 3. The first-order valence-corrected chi connectivity index (χ1v) is 8.32. The lowest BCUT2D eigenvalue weighted by Gasteiger charge is -2.30. The van der Waals surface area contributed by atoms with Crippen molar-refractivity contribution in [2.24, 2.45) is 0 Å². The molecule has 1 aromatic heterocycles. The fourth-order valence-corrected chi connectivity index (χ4v) is 3.06. The van der Waals surface area contributed by atoms with Crippen molar-refractivity contribution in [1.29, 1.82) is 0 Å². The topological polar surface area (TPSA) is 61.3 Å². The van der Waals surface area contributed by atoms with Crippen LogP contribution in [0, 0.1) is 0 Å². The number of aromatic nitrogens is 2. The van der Waals surface area contributed by atoms with Gasteiger partial charge in [-0.2, -0.15) is 0 Å². The minimum atomic E-state index is -0.406. The Hall–Kier alpha value is -2.14. The fraction of sp³-hybridized carbons (Fsp3) is 0.444. The average Bonchev–Trinajstić information content (AvgIpc) is 3.38. The zero-order valence-corrected chi connectivity index (χ0v) is 13.4. The summed E-state index contributed by atoms with van der Waals surface area (Å²) in [6.07, 6.45) is 4.69. The molecule has 0 amide bonds. The molecule has 4 rings (SSSR count). The molecule has 23 heavy (non-hydrogen) atoms. The van der Waals surface area contributed by atoms with Crippen molar-refractivity contribution in [2.75, 3.05) is 16.8 Å². The summed E-state index contributed by atoms with van der Waals surface area (Å²) in [5.41, 5.74) is 3.65. The molecule has 1 aromatic carbocycles. The average molecular weight is 310 g/mol. The molecule has 0 spiro atoms. The Morgan fingerprint density at radius 1 is 1.22 bits per heavy atom. The molecule has 1 atom stereocenters. The largest absolute Gasteiger partial charge is 0.389 e. The van der Waals surface area contributed by atoms with Gasteiger partial charge in [0, 0.05) is 25.2 Å². The number of hydrogen-bond acceptors (Lipinski definition) is 5. The highest BCUT2D eigenvalue weighted by Crippen LogP contribution is 2.28. The van der Waals surface area contributed by atoms with E-state index in [1.807, 2.05) is 19.1 Å². The minimum absolute atomic E-state index is 0.406. The van der Waals surface area contributed by atoms with E-state index in [2.05, 4.69) is 32.3 Å². The Balaban J connectivity index is 1.53. The Labute approximate surface area is 136 Å². The van der Waals surface area contributed by atoms with Crippen LogP contribution in [0.15, 0.2) is 30.6 Å². The summed E-state index contributed by atoms with van der Waals surface area (Å²) in [5.74, 6) is 1.90. The molecule has 5 heteroatoms. The Bertz CT molecular complexity index is 712. The third kappa shape index (κ3) is 3.15. The zero-order valence-electron chi connectivity index (χ0n) is 13.4. The van der Waals surface area contributed by atoms with Gasteiger partial charge in [-0.25, -0.2) is 9.97 Å². The molecule has 2 heterocycles. The van der Waals surface area contributed by atoms with E-state index in [9.17, 15) is 5.11 Å². The van der Waals surface area contributed by atoms with Crippen LogP contribution in [0.4, 0.5) is 11.6 Å². The second-order valence-electron chi connectivity index (χ2n) is 6.56. The highest BCUT2D eigenvalue weighted by molar-refractivity contribution is 5.51. The molecular weight excluding hydrogens is 288 g/mol. The first-order valence-electron chi connectivity index (χ1n) is 8.32. The van der Waals surface area contributed by atoms with Gasteiger partial charge in [-0.15, -0.1) is 0 Å². The van der Waals surface area contributed by atoms with Gasteiger partial charge in [-0.05, 0) is 42.9 Å². The standard InChI is InChI=1S/C18H22N4O/c1-12(23)13-2-3-15-10-22(7-6-14(15)8-13)18-9-17(19-11-20-18)21-16-4-5-16/h2-3,8-9,11-12,16,23H,4-7,10H2,1H3,(H,19,20,21)/t12-/m0/s1. The number of anilines is 2. The van der Waals surface area contributed by atoms with Crippen LogP contribution >= 0.6 is 0 Å². The monoisotopic (exact) mass is 310 g/mol. The molecule has 2 aromatic rings. The molecule has 120 valence electrons. The zero-order chi connectivity index (χ0) is 15.8. The number of rotatable bonds is 4. The first kappa shape index (κ1) is 14.5. The minimum Gasteiger partial charge on any atom is -0.389 e. The molecule has 1 saturated carbocycles. The van der Waals surface area contributed by atoms with E-state index in [0.29, 0.717) is 6.04 Å². The van der Waals surface area contributed by atoms with Crippen LogP contribution in [0.25, 0.3) is 0 Å². The lowest BCUT2D eigenvalue weighted by Crippen LogP contribution is -2.31. The molecule has 0 unspecified atom stereocenters. The SMILES string of the molecule is C[C@H](O)c1ccc2c(c1)CCN(c1cc(NC3CC3)ncn1)C2. The number of aliphatic hydroxyl groups is 1. The summed E-state index contributed by atoms with van der Waals surface area (Å²) < 4.78 is 0. The van der Waals surface area contributed by atoms with Crippen molar-refractivity contribution in [3.63, 3.8) is 0 Å². The maximum Gasteiger partial charge on any atom is 0.134 e. The van der Waals surface area contributed by atoms with Crippen molar-refractivity contribution < 1.29 is 5.11 Å². The first-order chi connectivity index (χ1) is 11.2. The van der Waals surface area contributed by atoms with E-state index < -0.39 is 6.10 Å². The molecule has 1 aliphatic carbocycles. The van der Waals surface area contributed by atoms with E-state index in [-0.39, 0.29) is 0 Å². The van der Waals surface area contributed by atoms with Crippen molar-refractivity contribution in [3.8, 4) is 0 Å². The van der Waals surface area contributed by atoms with Crippen LogP contribution in [0.2, 0.25) is 0 Å². The summed E-state index contributed by atoms with van der Waals surface area (Å²) in [5, 5.41) is 13.2. The number of benzene rings is 1. The molecule has 0 saturated heterocycles. The Morgan fingerprint density at radius 2 is 2.09 bits per heavy atom. The van der Waals surface area contributed by atoms with Gasteiger partial charge in [0.1, 0.15) is 18.0 Å². The number of fused-ring (bicyclic) bond motifs is 1. The molecular formula is C18H22N4O. The second kappa shape index (κ2) is 5.81. The third-order valence-corrected chi connectivity index (χ3v) is 4.63. The molecule has 0 radical (unpaired) electrons. The van der Waals surface area contributed by atoms with Crippen LogP contribution in [0.1, 0.15) is 42.6 Å². The van der Waals surface area contributed by atoms with Gasteiger partial charge >= 0.3 is 0 Å². The molecule has 1 aliphatic heterocycles. The van der Waals surface area contributed by atoms with Crippen molar-refractivity contribution >= 4 is 11.6 Å². The van der Waals surface area contributed by atoms with Crippen LogP contribution in [-0.4, -0.2) is 27.7 Å². The summed E-state index contributed by atoms with van der Waals surface area (Å²) >= 11 is 0. The van der Waals surface area contributed by atoms with Crippen molar-refractivity contribution in [3.05, 3.63) is 47.3 Å². The van der Waals surface area contributed by atoms with Crippen molar-refractivity contribution in [1.82, 2.24) is 9.97 Å². The van der Waals surface area contributed by atoms with Crippen LogP contribution in [-0.2, 0) is 13.0 Å². The van der Waals surface area contributed by atoms with Gasteiger partial charge in [0.2, 0.25) is 0 Å². The lowest BCUT2D eigenvalue weighted by molar-refractivity contribution is 0.199. The predicted molar refractivity (Wildman–Crippen MR) is 90.5 cm³/mol. The molecule has 2 aliphatic rings. The molecule has 1 fully saturated rings. The van der Waals surface area contributed by atoms with Crippen LogP contribution in [0.5, 0.6) is 0 Å². The maximum absolute atomic E-state index is 9.73. The predicted octanol–water partition coefficient (Wildman–Crippen LogP) is 2.67. The Kier molecular flexibility index (Phi) is 3.65. The fourth-order valence-electron chi connectivity index (χ4n) is 3.06. The summed E-state index contributed by atoms with van der Waals surface area (Å²) in [6, 6.07) is 8.94. The molecule has 5 nitrogen and oxygen atoms in total. The van der Waals surface area contributed by atoms with Gasteiger partial charge in [0.25, 0.3) is 0 Å². The van der Waals surface area contributed by atoms with Gasteiger partial charge in [-0.1, -0.05) is 18.2 Å². The second-order valence-corrected chi connectivity index (χ2v) is 6.56. The van der Waals surface area contributed by atoms with Gasteiger partial charge in [0.05, 0.1) is 6.10 Å². The number of nitrogens with one attached hydrogen (secondary N) is 1. The number of aliphatic hydroxyl groups excluding tert-OH is 1. The van der Waals surface area contributed by atoms with E-state index in [1.54, 1.807) is 6.33 Å². The van der Waals surface area contributed by atoms with Gasteiger partial charge < -0.3 is 15.3 Å². The third-order valence-electron chi connectivity index (χ3n) is 4.63. The number of hydrogen-bond donors (Lipinski definition) is 2. The van der Waals surface area contributed by atoms with E-state index in [1.165, 1.54) is 24.0 Å². The lowest BCUT2D eigenvalue weighted by atomic mass is 9.96. The van der Waals surface area contributed by atoms with Crippen molar-refractivity contribution in [2.45, 2.75) is 44.9 Å². The van der Waals surface area contributed by atoms with Gasteiger partial charge in [-0.3, -0.25) is 0 Å². The quantitative estimate of drug-likeness (QED) is 0.909. The van der Waals surface area contributed by atoms with E-state index in [4.69, 9.17) is 0 Å². The van der Waals surface area contributed by atoms with E-state index >= 15 is 0 Å². The highest BCUT2D eigenvalue weighted by Gasteiger charge is 2.22. The molecule has 2 N–H and O–H groups in total. The summed E-state index contributed by atoms with van der Waals surface area (Å²) in [4.78, 5) is 11.1. The smallest absolute Gasteiger partial charge is 0.134 e. The van der Waals surface area contributed by atoms with Crippen LogP contribution < -0.4 is 10.2 Å². The highest BCUT2D eigenvalue weighted by atomic mass is 16.3. The van der Waals surface area contributed by atoms with E-state index in [0.717, 1.165) is 36.7 Å². The Morgan fingerprint density at radius 3 is 2.87 bits per heavy atom. The van der Waals surface area contributed by atoms with Crippen LogP contribution in [0.3, 0.4) is 0 Å².